The van der Waals surface area contributed by atoms with Crippen LogP contribution in [-0.4, -0.2) is 0 Å². The lowest BCUT2D eigenvalue weighted by Gasteiger charge is -2.30. The van der Waals surface area contributed by atoms with Gasteiger partial charge in [-0.05, 0) is 139 Å². The summed E-state index contributed by atoms with van der Waals surface area (Å²) < 4.78 is 13.1. The van der Waals surface area contributed by atoms with Crippen molar-refractivity contribution in [2.75, 3.05) is 4.90 Å². The van der Waals surface area contributed by atoms with E-state index >= 15 is 0 Å². The Kier molecular flexibility index (Phi) is 9.35. The fourth-order valence-electron chi connectivity index (χ4n) is 12.7. The van der Waals surface area contributed by atoms with Crippen LogP contribution in [0.15, 0.2) is 245 Å². The molecule has 11 aromatic carbocycles. The van der Waals surface area contributed by atoms with Gasteiger partial charge in [0.05, 0.1) is 0 Å². The first-order chi connectivity index (χ1) is 36.7. The molecule has 0 aliphatic heterocycles. The summed E-state index contributed by atoms with van der Waals surface area (Å²) in [6, 6.07) is 86.6. The molecule has 3 heteroatoms. The summed E-state index contributed by atoms with van der Waals surface area (Å²) in [6.45, 7) is 9.53. The van der Waals surface area contributed by atoms with Crippen molar-refractivity contribution >= 4 is 60.9 Å². The van der Waals surface area contributed by atoms with Crippen LogP contribution in [0, 0.1) is 0 Å². The minimum atomic E-state index is -0.272. The maximum atomic E-state index is 6.55. The second-order valence-electron chi connectivity index (χ2n) is 21.6. The molecule has 0 N–H and O–H groups in total. The molecule has 2 aliphatic carbocycles. The normalized spacial score (nSPS) is 13.8. The third kappa shape index (κ3) is 6.60. The van der Waals surface area contributed by atoms with E-state index in [1.54, 1.807) is 0 Å². The Morgan fingerprint density at radius 1 is 0.267 bits per heavy atom. The zero-order chi connectivity index (χ0) is 50.2. The van der Waals surface area contributed by atoms with E-state index in [2.05, 4.69) is 257 Å². The van der Waals surface area contributed by atoms with Gasteiger partial charge < -0.3 is 13.7 Å². The number of furan rings is 2. The second-order valence-corrected chi connectivity index (χ2v) is 21.6. The third-order valence-corrected chi connectivity index (χ3v) is 16.7. The number of hydrogen-bond donors (Lipinski definition) is 0. The van der Waals surface area contributed by atoms with Gasteiger partial charge in [-0.1, -0.05) is 204 Å². The van der Waals surface area contributed by atoms with Crippen molar-refractivity contribution in [1.82, 2.24) is 0 Å². The molecule has 2 aliphatic rings. The lowest BCUT2D eigenvalue weighted by Crippen LogP contribution is -2.18. The van der Waals surface area contributed by atoms with E-state index in [0.717, 1.165) is 83.2 Å². The Bertz CT molecular complexity index is 4230. The predicted octanol–water partition coefficient (Wildman–Crippen LogP) is 20.2. The van der Waals surface area contributed by atoms with E-state index in [9.17, 15) is 0 Å². The van der Waals surface area contributed by atoms with E-state index in [-0.39, 0.29) is 10.8 Å². The molecule has 0 saturated carbocycles. The number of rotatable bonds is 7. The molecule has 0 radical (unpaired) electrons. The molecule has 13 aromatic rings. The number of fused-ring (bicyclic) bond motifs is 12. The maximum absolute atomic E-state index is 6.55. The van der Waals surface area contributed by atoms with Gasteiger partial charge in [0.25, 0.3) is 0 Å². The molecule has 2 aromatic heterocycles. The molecule has 3 nitrogen and oxygen atoms in total. The first kappa shape index (κ1) is 43.4. The highest BCUT2D eigenvalue weighted by Crippen LogP contribution is 2.55. The van der Waals surface area contributed by atoms with Crippen molar-refractivity contribution in [2.45, 2.75) is 38.5 Å². The Balaban J connectivity index is 0.827. The summed E-state index contributed by atoms with van der Waals surface area (Å²) in [7, 11) is 0. The summed E-state index contributed by atoms with van der Waals surface area (Å²) in [5.74, 6) is 0. The molecular weight excluding hydrogens is 911 g/mol. The molecule has 356 valence electrons. The summed E-state index contributed by atoms with van der Waals surface area (Å²) in [6.07, 6.45) is 0. The molecule has 15 rings (SSSR count). The van der Waals surface area contributed by atoms with E-state index in [0.29, 0.717) is 0 Å². The van der Waals surface area contributed by atoms with E-state index in [4.69, 9.17) is 8.83 Å². The number of nitrogens with zero attached hydrogens (tertiary/aromatic N) is 1. The Morgan fingerprint density at radius 2 is 0.613 bits per heavy atom. The monoisotopic (exact) mass is 961 g/mol. The van der Waals surface area contributed by atoms with E-state index in [1.165, 1.54) is 66.8 Å². The van der Waals surface area contributed by atoms with Gasteiger partial charge in [-0.2, -0.15) is 0 Å². The first-order valence-corrected chi connectivity index (χ1v) is 26.1. The average molecular weight is 962 g/mol. The van der Waals surface area contributed by atoms with Gasteiger partial charge in [0.1, 0.15) is 22.3 Å². The van der Waals surface area contributed by atoms with Crippen molar-refractivity contribution < 1.29 is 8.83 Å². The maximum Gasteiger partial charge on any atom is 0.143 e. The molecule has 0 unspecified atom stereocenters. The van der Waals surface area contributed by atoms with E-state index in [1.807, 2.05) is 12.1 Å². The number of benzene rings is 11. The number of anilines is 3. The Labute approximate surface area is 436 Å². The van der Waals surface area contributed by atoms with Gasteiger partial charge in [-0.25, -0.2) is 0 Å². The van der Waals surface area contributed by atoms with Crippen LogP contribution >= 0.6 is 0 Å². The van der Waals surface area contributed by atoms with Crippen LogP contribution in [0.4, 0.5) is 17.1 Å². The van der Waals surface area contributed by atoms with Crippen molar-refractivity contribution in [3.05, 3.63) is 259 Å². The quantitative estimate of drug-likeness (QED) is 0.159. The molecule has 0 saturated heterocycles. The molecule has 0 atom stereocenters. The molecular formula is C72H51NO2. The van der Waals surface area contributed by atoms with Crippen molar-refractivity contribution in [2.24, 2.45) is 0 Å². The van der Waals surface area contributed by atoms with Gasteiger partial charge >= 0.3 is 0 Å². The smallest absolute Gasteiger partial charge is 0.143 e. The number of hydrogen-bond acceptors (Lipinski definition) is 3. The minimum absolute atomic E-state index is 0.272. The van der Waals surface area contributed by atoms with Crippen molar-refractivity contribution in [3.8, 4) is 66.8 Å². The fourth-order valence-corrected chi connectivity index (χ4v) is 12.7. The molecule has 75 heavy (non-hydrogen) atoms. The van der Waals surface area contributed by atoms with Crippen LogP contribution in [0.2, 0.25) is 0 Å². The number of para-hydroxylation sites is 4. The Hall–Kier alpha value is -9.18. The largest absolute Gasteiger partial charge is 0.455 e. The van der Waals surface area contributed by atoms with Gasteiger partial charge in [0, 0.05) is 60.6 Å². The lowest BCUT2D eigenvalue weighted by atomic mass is 9.81. The van der Waals surface area contributed by atoms with Crippen LogP contribution in [0.5, 0.6) is 0 Å². The summed E-state index contributed by atoms with van der Waals surface area (Å²) in [5, 5.41) is 4.58. The zero-order valence-electron chi connectivity index (χ0n) is 42.3. The third-order valence-electron chi connectivity index (χ3n) is 16.7. The standard InChI is InChI=1S/C72H51NO2/c1-71(2)63-40-48(53-18-12-20-61-59-16-8-10-22-67(59)74-69(53)61)30-36-55(63)57-38-34-51(42-65(57)71)73(50-32-28-47(29-33-50)46-26-24-45(25-27-46)44-14-6-5-7-15-44)52-35-39-58-56-37-31-49(41-64(56)72(3,4)66(58)43-52)54-19-13-21-62-60-17-9-11-23-68(60)75-70(54)62/h5-43H,1-4H3. The summed E-state index contributed by atoms with van der Waals surface area (Å²) in [4.78, 5) is 2.46. The second kappa shape index (κ2) is 16.2. The predicted molar refractivity (Wildman–Crippen MR) is 313 cm³/mol. The molecule has 0 bridgehead atoms. The van der Waals surface area contributed by atoms with Crippen LogP contribution in [0.1, 0.15) is 49.9 Å². The highest BCUT2D eigenvalue weighted by molar-refractivity contribution is 6.11. The summed E-state index contributed by atoms with van der Waals surface area (Å²) in [5.41, 5.74) is 26.2. The topological polar surface area (TPSA) is 29.5 Å². The molecule has 2 heterocycles. The van der Waals surface area contributed by atoms with E-state index < -0.39 is 0 Å². The van der Waals surface area contributed by atoms with Gasteiger partial charge in [0.15, 0.2) is 0 Å². The van der Waals surface area contributed by atoms with Gasteiger partial charge in [-0.15, -0.1) is 0 Å². The highest BCUT2D eigenvalue weighted by atomic mass is 16.3. The van der Waals surface area contributed by atoms with Gasteiger partial charge in [0.2, 0.25) is 0 Å². The highest BCUT2D eigenvalue weighted by Gasteiger charge is 2.39. The minimum Gasteiger partial charge on any atom is -0.455 e. The SMILES string of the molecule is CC1(C)c2cc(-c3cccc4c3oc3ccccc34)ccc2-c2ccc(N(c3ccc(-c4ccc(-c5ccccc5)cc4)cc3)c3ccc4c(c3)C(C)(C)c3cc(-c5cccc6c5oc5ccccc56)ccc3-4)cc21. The van der Waals surface area contributed by atoms with Crippen LogP contribution < -0.4 is 4.90 Å². The average Bonchev–Trinajstić information content (AvgIpc) is 4.16. The first-order valence-electron chi connectivity index (χ1n) is 26.1. The van der Waals surface area contributed by atoms with Crippen molar-refractivity contribution in [1.29, 1.82) is 0 Å². The lowest BCUT2D eigenvalue weighted by molar-refractivity contribution is 0.659. The summed E-state index contributed by atoms with van der Waals surface area (Å²) >= 11 is 0. The molecule has 0 spiro atoms. The van der Waals surface area contributed by atoms with Crippen LogP contribution in [0.3, 0.4) is 0 Å². The molecule has 0 amide bonds. The zero-order valence-corrected chi connectivity index (χ0v) is 42.3. The van der Waals surface area contributed by atoms with Gasteiger partial charge in [-0.3, -0.25) is 0 Å². The van der Waals surface area contributed by atoms with Crippen LogP contribution in [0.25, 0.3) is 111 Å². The van der Waals surface area contributed by atoms with Crippen LogP contribution in [-0.2, 0) is 10.8 Å². The molecule has 0 fully saturated rings. The van der Waals surface area contributed by atoms with Crippen molar-refractivity contribution in [3.63, 3.8) is 0 Å². The Morgan fingerprint density at radius 3 is 1.08 bits per heavy atom. The fraction of sp³-hybridized carbons (Fsp3) is 0.0833.